The maximum atomic E-state index is 12.4. The zero-order valence-corrected chi connectivity index (χ0v) is 18.0. The van der Waals surface area contributed by atoms with Gasteiger partial charge in [0.05, 0.1) is 6.10 Å². The highest BCUT2D eigenvalue weighted by Crippen LogP contribution is 2.50. The smallest absolute Gasteiger partial charge is 0.410 e. The van der Waals surface area contributed by atoms with E-state index in [9.17, 15) is 9.59 Å². The van der Waals surface area contributed by atoms with E-state index in [4.69, 9.17) is 31.3 Å². The minimum absolute atomic E-state index is 0.00477. The van der Waals surface area contributed by atoms with Crippen LogP contribution in [0.4, 0.5) is 4.79 Å². The number of rotatable bonds is 5. The summed E-state index contributed by atoms with van der Waals surface area (Å²) < 4.78 is 16.5. The number of aromatic nitrogens is 1. The second kappa shape index (κ2) is 8.02. The van der Waals surface area contributed by atoms with Crippen LogP contribution in [0.5, 0.6) is 5.75 Å². The zero-order chi connectivity index (χ0) is 22.3. The monoisotopic (exact) mass is 455 g/mol. The molecule has 8 nitrogen and oxygen atoms in total. The summed E-state index contributed by atoms with van der Waals surface area (Å²) in [6.07, 6.45) is 2.39. The molecule has 2 heterocycles. The fourth-order valence-corrected chi connectivity index (χ4v) is 4.88. The Hall–Kier alpha value is -3.26. The minimum Gasteiger partial charge on any atom is -0.490 e. The van der Waals surface area contributed by atoms with Crippen LogP contribution in [0.2, 0.25) is 5.02 Å². The van der Waals surface area contributed by atoms with Crippen molar-refractivity contribution >= 4 is 34.4 Å². The Labute approximate surface area is 189 Å². The third-order valence-electron chi connectivity index (χ3n) is 6.29. The fraction of sp³-hybridized carbons (Fsp3) is 0.348. The van der Waals surface area contributed by atoms with Crippen molar-refractivity contribution in [3.8, 4) is 5.75 Å². The van der Waals surface area contributed by atoms with Gasteiger partial charge in [-0.15, -0.1) is 0 Å². The summed E-state index contributed by atoms with van der Waals surface area (Å²) in [5.74, 6) is 0.413. The predicted octanol–water partition coefficient (Wildman–Crippen LogP) is 4.15. The molecule has 2 amide bonds. The second-order valence-electron chi connectivity index (χ2n) is 8.51. The lowest BCUT2D eigenvalue weighted by Gasteiger charge is -2.44. The van der Waals surface area contributed by atoms with Crippen LogP contribution in [0.15, 0.2) is 47.0 Å². The van der Waals surface area contributed by atoms with E-state index in [-0.39, 0.29) is 29.6 Å². The molecule has 0 unspecified atom stereocenters. The van der Waals surface area contributed by atoms with E-state index in [0.717, 1.165) is 35.8 Å². The lowest BCUT2D eigenvalue weighted by Crippen LogP contribution is -2.46. The standard InChI is InChI=1S/C23H22ClN3O5/c24-18-5-6-20(17-4-2-1-3-16(17)18)31-15-10-23(11-15)7-8-27(13-23)22(29)30-12-14-9-19(21(25)28)26-32-14/h1-6,9,15H,7-8,10-13H2,(H2,25,28). The van der Waals surface area contributed by atoms with Crippen LogP contribution < -0.4 is 10.5 Å². The average molecular weight is 456 g/mol. The number of halogens is 1. The van der Waals surface area contributed by atoms with Gasteiger partial charge in [0.2, 0.25) is 0 Å². The van der Waals surface area contributed by atoms with E-state index in [1.165, 1.54) is 6.07 Å². The van der Waals surface area contributed by atoms with Crippen molar-refractivity contribution in [3.63, 3.8) is 0 Å². The van der Waals surface area contributed by atoms with Crippen LogP contribution in [0.1, 0.15) is 35.5 Å². The first-order valence-corrected chi connectivity index (χ1v) is 10.8. The van der Waals surface area contributed by atoms with Crippen molar-refractivity contribution in [3.05, 3.63) is 58.9 Å². The molecule has 166 valence electrons. The van der Waals surface area contributed by atoms with E-state index in [1.807, 2.05) is 36.4 Å². The van der Waals surface area contributed by atoms with Crippen molar-refractivity contribution in [1.29, 1.82) is 0 Å². The van der Waals surface area contributed by atoms with Gasteiger partial charge >= 0.3 is 6.09 Å². The Morgan fingerprint density at radius 3 is 2.75 bits per heavy atom. The van der Waals surface area contributed by atoms with Gasteiger partial charge in [-0.3, -0.25) is 4.79 Å². The van der Waals surface area contributed by atoms with Gasteiger partial charge in [0, 0.05) is 35.0 Å². The van der Waals surface area contributed by atoms with Crippen LogP contribution >= 0.6 is 11.6 Å². The van der Waals surface area contributed by atoms with Crippen molar-refractivity contribution < 1.29 is 23.6 Å². The molecular formula is C23H22ClN3O5. The highest BCUT2D eigenvalue weighted by atomic mass is 35.5. The number of ether oxygens (including phenoxy) is 2. The maximum absolute atomic E-state index is 12.4. The summed E-state index contributed by atoms with van der Waals surface area (Å²) in [7, 11) is 0. The summed E-state index contributed by atoms with van der Waals surface area (Å²) in [6.45, 7) is 1.17. The van der Waals surface area contributed by atoms with Crippen molar-refractivity contribution in [2.24, 2.45) is 11.1 Å². The topological polar surface area (TPSA) is 108 Å². The third-order valence-corrected chi connectivity index (χ3v) is 6.62. The number of fused-ring (bicyclic) bond motifs is 1. The van der Waals surface area contributed by atoms with E-state index < -0.39 is 12.0 Å². The van der Waals surface area contributed by atoms with Crippen LogP contribution in [-0.4, -0.2) is 41.3 Å². The summed E-state index contributed by atoms with van der Waals surface area (Å²) in [5, 5.41) is 6.22. The van der Waals surface area contributed by atoms with Gasteiger partial charge in [-0.25, -0.2) is 4.79 Å². The number of primary amides is 1. The SMILES string of the molecule is NC(=O)c1cc(COC(=O)N2CCC3(CC(Oc4ccc(Cl)c5ccccc45)C3)C2)on1. The fourth-order valence-electron chi connectivity index (χ4n) is 4.65. The average Bonchev–Trinajstić information content (AvgIpc) is 3.42. The molecule has 1 aliphatic carbocycles. The Kier molecular flexibility index (Phi) is 5.17. The summed E-state index contributed by atoms with van der Waals surface area (Å²) >= 11 is 6.30. The number of nitrogens with zero attached hydrogens (tertiary/aromatic N) is 2. The molecule has 5 rings (SSSR count). The number of amides is 2. The van der Waals surface area contributed by atoms with Crippen molar-refractivity contribution in [1.82, 2.24) is 10.1 Å². The van der Waals surface area contributed by atoms with Gasteiger partial charge in [0.25, 0.3) is 5.91 Å². The Bertz CT molecular complexity index is 1190. The lowest BCUT2D eigenvalue weighted by atomic mass is 9.66. The molecule has 1 saturated carbocycles. The number of carbonyl (C=O) groups is 2. The largest absolute Gasteiger partial charge is 0.490 e. The number of benzene rings is 2. The molecule has 9 heteroatoms. The molecule has 2 aromatic carbocycles. The van der Waals surface area contributed by atoms with Gasteiger partial charge in [0.15, 0.2) is 18.1 Å². The van der Waals surface area contributed by atoms with Gasteiger partial charge < -0.3 is 24.6 Å². The Morgan fingerprint density at radius 1 is 1.22 bits per heavy atom. The van der Waals surface area contributed by atoms with E-state index in [2.05, 4.69) is 5.16 Å². The van der Waals surface area contributed by atoms with E-state index >= 15 is 0 Å². The summed E-state index contributed by atoms with van der Waals surface area (Å²) in [4.78, 5) is 25.2. The molecule has 2 N–H and O–H groups in total. The predicted molar refractivity (Wildman–Crippen MR) is 116 cm³/mol. The molecule has 32 heavy (non-hydrogen) atoms. The number of hydrogen-bond donors (Lipinski definition) is 1. The number of nitrogens with two attached hydrogens (primary N) is 1. The van der Waals surface area contributed by atoms with Gasteiger partial charge in [-0.05, 0) is 36.8 Å². The first-order chi connectivity index (χ1) is 15.4. The number of carbonyl (C=O) groups excluding carboxylic acids is 2. The van der Waals surface area contributed by atoms with Crippen LogP contribution in [0.25, 0.3) is 10.8 Å². The molecule has 1 saturated heterocycles. The molecular weight excluding hydrogens is 434 g/mol. The highest BCUT2D eigenvalue weighted by Gasteiger charge is 2.51. The van der Waals surface area contributed by atoms with Crippen molar-refractivity contribution in [2.45, 2.75) is 32.0 Å². The summed E-state index contributed by atoms with van der Waals surface area (Å²) in [6, 6.07) is 13.1. The maximum Gasteiger partial charge on any atom is 0.410 e. The molecule has 2 aliphatic rings. The van der Waals surface area contributed by atoms with Crippen LogP contribution in [0, 0.1) is 5.41 Å². The molecule has 0 radical (unpaired) electrons. The molecule has 1 spiro atoms. The number of hydrogen-bond acceptors (Lipinski definition) is 6. The zero-order valence-electron chi connectivity index (χ0n) is 17.3. The summed E-state index contributed by atoms with van der Waals surface area (Å²) in [5.41, 5.74) is 5.21. The molecule has 2 fully saturated rings. The first kappa shape index (κ1) is 20.6. The Balaban J connectivity index is 1.14. The third kappa shape index (κ3) is 3.86. The lowest BCUT2D eigenvalue weighted by molar-refractivity contribution is -0.00795. The molecule has 1 aromatic heterocycles. The second-order valence-corrected chi connectivity index (χ2v) is 8.92. The molecule has 3 aromatic rings. The van der Waals surface area contributed by atoms with Crippen LogP contribution in [0.3, 0.4) is 0 Å². The normalized spacial score (nSPS) is 22.2. The van der Waals surface area contributed by atoms with Gasteiger partial charge in [0.1, 0.15) is 5.75 Å². The quantitative estimate of drug-likeness (QED) is 0.619. The van der Waals surface area contributed by atoms with E-state index in [0.29, 0.717) is 18.1 Å². The molecule has 0 bridgehead atoms. The van der Waals surface area contributed by atoms with Crippen LogP contribution in [-0.2, 0) is 11.3 Å². The first-order valence-electron chi connectivity index (χ1n) is 10.4. The Morgan fingerprint density at radius 2 is 2.00 bits per heavy atom. The molecule has 1 aliphatic heterocycles. The highest BCUT2D eigenvalue weighted by molar-refractivity contribution is 6.35. The number of likely N-dealkylation sites (tertiary alicyclic amines) is 1. The minimum atomic E-state index is -0.693. The molecule has 0 atom stereocenters. The van der Waals surface area contributed by atoms with Gasteiger partial charge in [-0.1, -0.05) is 41.0 Å². The van der Waals surface area contributed by atoms with Gasteiger partial charge in [-0.2, -0.15) is 0 Å². The van der Waals surface area contributed by atoms with Crippen molar-refractivity contribution in [2.75, 3.05) is 13.1 Å². The van der Waals surface area contributed by atoms with E-state index in [1.54, 1.807) is 4.90 Å².